The number of aliphatic imine (C=N–C) groups is 1. The highest BCUT2D eigenvalue weighted by Gasteiger charge is 2.24. The van der Waals surface area contributed by atoms with E-state index in [1.54, 1.807) is 14.2 Å². The maximum atomic E-state index is 5.14. The summed E-state index contributed by atoms with van der Waals surface area (Å²) in [5.74, 6) is 1.39. The zero-order valence-electron chi connectivity index (χ0n) is 12.6. The average molecular weight is 287 g/mol. The largest absolute Gasteiger partial charge is 0.481 e. The van der Waals surface area contributed by atoms with Crippen molar-refractivity contribution in [3.63, 3.8) is 0 Å². The summed E-state index contributed by atoms with van der Waals surface area (Å²) in [7, 11) is 3.28. The number of pyridine rings is 1. The lowest BCUT2D eigenvalue weighted by Gasteiger charge is -2.09. The van der Waals surface area contributed by atoms with Gasteiger partial charge in [0.15, 0.2) is 0 Å². The summed E-state index contributed by atoms with van der Waals surface area (Å²) in [5, 5.41) is 3.36. The predicted molar refractivity (Wildman–Crippen MR) is 83.9 cm³/mol. The molecule has 0 fully saturated rings. The zero-order valence-corrected chi connectivity index (χ0v) is 12.6. The number of aromatic nitrogens is 1. The Morgan fingerprint density at radius 1 is 1.29 bits per heavy atom. The van der Waals surface area contributed by atoms with Crippen molar-refractivity contribution < 1.29 is 9.47 Å². The first kappa shape index (κ1) is 15.3. The first-order valence-electron chi connectivity index (χ1n) is 6.92. The molecule has 0 radical (unpaired) electrons. The Labute approximate surface area is 125 Å². The van der Waals surface area contributed by atoms with Gasteiger partial charge in [0.05, 0.1) is 25.8 Å². The molecule has 1 aromatic heterocycles. The molecule has 5 heteroatoms. The van der Waals surface area contributed by atoms with Gasteiger partial charge < -0.3 is 14.8 Å². The zero-order chi connectivity index (χ0) is 15.1. The number of nitrogens with zero attached hydrogens (tertiary/aromatic N) is 2. The molecule has 0 saturated heterocycles. The minimum Gasteiger partial charge on any atom is -0.481 e. The van der Waals surface area contributed by atoms with E-state index in [2.05, 4.69) is 28.3 Å². The monoisotopic (exact) mass is 287 g/mol. The molecule has 2 atom stereocenters. The van der Waals surface area contributed by atoms with Crippen LogP contribution in [0.15, 0.2) is 47.5 Å². The molecule has 0 aliphatic carbocycles. The van der Waals surface area contributed by atoms with Crippen LogP contribution in [-0.2, 0) is 4.74 Å². The van der Waals surface area contributed by atoms with Gasteiger partial charge in [0.1, 0.15) is 11.5 Å². The van der Waals surface area contributed by atoms with E-state index in [4.69, 9.17) is 9.47 Å². The number of nitrogens with one attached hydrogen (secondary N) is 1. The first-order valence-corrected chi connectivity index (χ1v) is 6.92. The SMILES string of the molecule is COC/C=C\C=C/C1N=C(c2cccc(OC)n2)NC1C. The van der Waals surface area contributed by atoms with Crippen LogP contribution in [0.25, 0.3) is 0 Å². The third kappa shape index (κ3) is 4.16. The summed E-state index contributed by atoms with van der Waals surface area (Å²) in [5.41, 5.74) is 0.798. The van der Waals surface area contributed by atoms with Gasteiger partial charge in [0.2, 0.25) is 5.88 Å². The van der Waals surface area contributed by atoms with E-state index < -0.39 is 0 Å². The number of methoxy groups -OCH3 is 2. The van der Waals surface area contributed by atoms with Crippen molar-refractivity contribution in [2.75, 3.05) is 20.8 Å². The van der Waals surface area contributed by atoms with Gasteiger partial charge in [0, 0.05) is 13.2 Å². The maximum absolute atomic E-state index is 5.14. The van der Waals surface area contributed by atoms with Crippen molar-refractivity contribution in [2.45, 2.75) is 19.0 Å². The number of ether oxygens (including phenoxy) is 2. The van der Waals surface area contributed by atoms with Gasteiger partial charge in [-0.15, -0.1) is 0 Å². The predicted octanol–water partition coefficient (Wildman–Crippen LogP) is 1.96. The summed E-state index contributed by atoms with van der Waals surface area (Å²) < 4.78 is 10.1. The van der Waals surface area contributed by atoms with E-state index in [1.807, 2.05) is 36.4 Å². The fraction of sp³-hybridized carbons (Fsp3) is 0.375. The Hall–Kier alpha value is -2.14. The molecule has 1 aliphatic heterocycles. The summed E-state index contributed by atoms with van der Waals surface area (Å²) in [6.07, 6.45) is 7.98. The molecule has 1 N–H and O–H groups in total. The number of allylic oxidation sites excluding steroid dienone is 2. The van der Waals surface area contributed by atoms with Gasteiger partial charge in [-0.25, -0.2) is 4.98 Å². The van der Waals surface area contributed by atoms with Crippen LogP contribution in [-0.4, -0.2) is 43.7 Å². The third-order valence-electron chi connectivity index (χ3n) is 3.15. The van der Waals surface area contributed by atoms with Crippen LogP contribution in [0.1, 0.15) is 12.6 Å². The van der Waals surface area contributed by atoms with Crippen LogP contribution in [0.3, 0.4) is 0 Å². The van der Waals surface area contributed by atoms with Crippen molar-refractivity contribution in [3.8, 4) is 5.88 Å². The second kappa shape index (κ2) is 7.59. The molecule has 0 saturated carbocycles. The average Bonchev–Trinajstić information content (AvgIpc) is 2.88. The van der Waals surface area contributed by atoms with Crippen molar-refractivity contribution in [1.29, 1.82) is 0 Å². The summed E-state index contributed by atoms with van der Waals surface area (Å²) >= 11 is 0. The van der Waals surface area contributed by atoms with Gasteiger partial charge in [-0.3, -0.25) is 4.99 Å². The molecular weight excluding hydrogens is 266 g/mol. The van der Waals surface area contributed by atoms with Crippen molar-refractivity contribution >= 4 is 5.84 Å². The number of rotatable bonds is 6. The van der Waals surface area contributed by atoms with E-state index in [1.165, 1.54) is 0 Å². The molecule has 1 aliphatic rings. The fourth-order valence-corrected chi connectivity index (χ4v) is 2.02. The van der Waals surface area contributed by atoms with E-state index >= 15 is 0 Å². The second-order valence-corrected chi connectivity index (χ2v) is 4.73. The van der Waals surface area contributed by atoms with Gasteiger partial charge >= 0.3 is 0 Å². The number of amidine groups is 1. The van der Waals surface area contributed by atoms with E-state index in [0.29, 0.717) is 12.5 Å². The molecule has 2 unspecified atom stereocenters. The Bertz CT molecular complexity index is 552. The van der Waals surface area contributed by atoms with Crippen molar-refractivity contribution in [1.82, 2.24) is 10.3 Å². The van der Waals surface area contributed by atoms with E-state index in [0.717, 1.165) is 11.5 Å². The Morgan fingerprint density at radius 3 is 2.90 bits per heavy atom. The maximum Gasteiger partial charge on any atom is 0.213 e. The van der Waals surface area contributed by atoms with Gasteiger partial charge in [-0.05, 0) is 13.0 Å². The Balaban J connectivity index is 2.07. The van der Waals surface area contributed by atoms with Gasteiger partial charge in [-0.2, -0.15) is 0 Å². The van der Waals surface area contributed by atoms with Crippen LogP contribution >= 0.6 is 0 Å². The first-order chi connectivity index (χ1) is 10.2. The van der Waals surface area contributed by atoms with Gasteiger partial charge in [-0.1, -0.05) is 30.4 Å². The third-order valence-corrected chi connectivity index (χ3v) is 3.15. The highest BCUT2D eigenvalue weighted by Crippen LogP contribution is 2.14. The summed E-state index contributed by atoms with van der Waals surface area (Å²) in [6, 6.07) is 5.99. The molecule has 1 aromatic rings. The molecule has 2 heterocycles. The van der Waals surface area contributed by atoms with Crippen LogP contribution in [0.4, 0.5) is 0 Å². The van der Waals surface area contributed by atoms with Crippen LogP contribution in [0.5, 0.6) is 5.88 Å². The standard InChI is InChI=1S/C16H21N3O2/c1-12-13(8-5-4-6-11-20-2)19-16(17-12)14-9-7-10-15(18-14)21-3/h4-10,12-13H,11H2,1-3H3,(H,17,19)/b6-4-,8-5-. The highest BCUT2D eigenvalue weighted by molar-refractivity contribution is 5.98. The Morgan fingerprint density at radius 2 is 2.14 bits per heavy atom. The van der Waals surface area contributed by atoms with E-state index in [-0.39, 0.29) is 12.1 Å². The minimum atomic E-state index is 0.0974. The van der Waals surface area contributed by atoms with Crippen molar-refractivity contribution in [3.05, 3.63) is 48.2 Å². The fourth-order valence-electron chi connectivity index (χ4n) is 2.02. The van der Waals surface area contributed by atoms with Crippen LogP contribution in [0, 0.1) is 0 Å². The summed E-state index contributed by atoms with van der Waals surface area (Å²) in [6.45, 7) is 2.72. The molecule has 5 nitrogen and oxygen atoms in total. The normalized spacial score (nSPS) is 21.8. The quantitative estimate of drug-likeness (QED) is 0.813. The lowest BCUT2D eigenvalue weighted by atomic mass is 10.1. The number of hydrogen-bond acceptors (Lipinski definition) is 5. The van der Waals surface area contributed by atoms with Crippen LogP contribution in [0.2, 0.25) is 0 Å². The molecule has 0 spiro atoms. The summed E-state index contributed by atoms with van der Waals surface area (Å²) in [4.78, 5) is 9.06. The topological polar surface area (TPSA) is 55.7 Å². The molecule has 0 bridgehead atoms. The smallest absolute Gasteiger partial charge is 0.213 e. The lowest BCUT2D eigenvalue weighted by Crippen LogP contribution is -2.31. The molecular formula is C16H21N3O2. The minimum absolute atomic E-state index is 0.0974. The lowest BCUT2D eigenvalue weighted by molar-refractivity contribution is 0.234. The van der Waals surface area contributed by atoms with Crippen molar-refractivity contribution in [2.24, 2.45) is 4.99 Å². The van der Waals surface area contributed by atoms with Crippen LogP contribution < -0.4 is 10.1 Å². The number of hydrogen-bond donors (Lipinski definition) is 1. The molecule has 21 heavy (non-hydrogen) atoms. The molecule has 0 aromatic carbocycles. The highest BCUT2D eigenvalue weighted by atomic mass is 16.5. The molecule has 0 amide bonds. The Kier molecular flexibility index (Phi) is 5.51. The van der Waals surface area contributed by atoms with Gasteiger partial charge in [0.25, 0.3) is 0 Å². The second-order valence-electron chi connectivity index (χ2n) is 4.73. The molecule has 2 rings (SSSR count). The molecule has 112 valence electrons. The van der Waals surface area contributed by atoms with E-state index in [9.17, 15) is 0 Å².